The molecule has 1 fully saturated rings. The topological polar surface area (TPSA) is 52.8 Å². The number of hydrogen-bond donors (Lipinski definition) is 0. The number of rotatable bonds is 3. The molecule has 0 saturated carbocycles. The van der Waals surface area contributed by atoms with E-state index in [2.05, 4.69) is 15.1 Å². The van der Waals surface area contributed by atoms with Crippen molar-refractivity contribution in [3.63, 3.8) is 0 Å². The largest absolute Gasteiger partial charge is 0.376 e. The van der Waals surface area contributed by atoms with Gasteiger partial charge in [0.2, 0.25) is 5.82 Å². The summed E-state index contributed by atoms with van der Waals surface area (Å²) >= 11 is 1.55. The Balaban J connectivity index is 1.72. The second-order valence-corrected chi connectivity index (χ2v) is 4.66. The Morgan fingerprint density at radius 1 is 1.50 bits per heavy atom. The van der Waals surface area contributed by atoms with Crippen LogP contribution in [0.25, 0.3) is 10.8 Å². The maximum atomic E-state index is 5.56. The summed E-state index contributed by atoms with van der Waals surface area (Å²) in [6.45, 7) is 1.66. The summed E-state index contributed by atoms with van der Waals surface area (Å²) in [7, 11) is 0. The highest BCUT2D eigenvalue weighted by molar-refractivity contribution is 7.12. The molecule has 0 aromatic carbocycles. The van der Waals surface area contributed by atoms with Crippen molar-refractivity contribution < 1.29 is 4.74 Å². The van der Waals surface area contributed by atoms with Crippen molar-refractivity contribution in [2.24, 2.45) is 0 Å². The maximum absolute atomic E-state index is 5.56. The van der Waals surface area contributed by atoms with E-state index in [1.54, 1.807) is 23.9 Å². The van der Waals surface area contributed by atoms with Gasteiger partial charge in [0.15, 0.2) is 5.01 Å². The molecule has 16 heavy (non-hydrogen) atoms. The molecule has 3 heterocycles. The molecule has 1 saturated heterocycles. The summed E-state index contributed by atoms with van der Waals surface area (Å²) in [5.74, 6) is 0.702. The lowest BCUT2D eigenvalue weighted by atomic mass is 10.2. The number of nitrogens with zero attached hydrogens (tertiary/aromatic N) is 4. The first-order chi connectivity index (χ1) is 7.92. The van der Waals surface area contributed by atoms with Crippen LogP contribution in [0.3, 0.4) is 0 Å². The van der Waals surface area contributed by atoms with E-state index in [1.807, 2.05) is 10.1 Å². The third-order valence-corrected chi connectivity index (χ3v) is 3.34. The molecule has 2 aromatic heterocycles. The van der Waals surface area contributed by atoms with E-state index in [9.17, 15) is 0 Å². The summed E-state index contributed by atoms with van der Waals surface area (Å²) in [5.41, 5.74) is 0. The first kappa shape index (κ1) is 9.92. The van der Waals surface area contributed by atoms with Gasteiger partial charge in [-0.15, -0.1) is 16.4 Å². The van der Waals surface area contributed by atoms with E-state index < -0.39 is 0 Å². The lowest BCUT2D eigenvalue weighted by Gasteiger charge is -2.07. The molecule has 0 spiro atoms. The van der Waals surface area contributed by atoms with Gasteiger partial charge in [0.1, 0.15) is 6.33 Å². The Hall–Kier alpha value is -1.27. The second kappa shape index (κ2) is 4.31. The molecule has 3 rings (SSSR count). The van der Waals surface area contributed by atoms with Gasteiger partial charge in [-0.25, -0.2) is 14.6 Å². The smallest absolute Gasteiger partial charge is 0.210 e. The first-order valence-corrected chi connectivity index (χ1v) is 6.21. The van der Waals surface area contributed by atoms with Gasteiger partial charge < -0.3 is 4.74 Å². The van der Waals surface area contributed by atoms with Crippen LogP contribution in [-0.2, 0) is 11.3 Å². The average Bonchev–Trinajstić information content (AvgIpc) is 2.99. The van der Waals surface area contributed by atoms with E-state index in [0.29, 0.717) is 11.9 Å². The fourth-order valence-corrected chi connectivity index (χ4v) is 2.38. The number of hydrogen-bond acceptors (Lipinski definition) is 5. The quantitative estimate of drug-likeness (QED) is 0.812. The average molecular weight is 236 g/mol. The standard InChI is InChI=1S/C10H12N4OS/c1-2-8(15-4-1)6-14-7-12-9(13-14)10-11-3-5-16-10/h3,5,7-8H,1-2,4,6H2. The van der Waals surface area contributed by atoms with E-state index in [0.717, 1.165) is 31.0 Å². The maximum Gasteiger partial charge on any atom is 0.210 e. The molecule has 1 atom stereocenters. The van der Waals surface area contributed by atoms with Gasteiger partial charge in [-0.2, -0.15) is 0 Å². The minimum Gasteiger partial charge on any atom is -0.376 e. The molecular weight excluding hydrogens is 224 g/mol. The summed E-state index contributed by atoms with van der Waals surface area (Å²) in [6, 6.07) is 0. The predicted octanol–water partition coefficient (Wildman–Crippen LogP) is 1.58. The molecule has 0 amide bonds. The van der Waals surface area contributed by atoms with Gasteiger partial charge >= 0.3 is 0 Å². The van der Waals surface area contributed by atoms with Crippen LogP contribution in [0.2, 0.25) is 0 Å². The number of ether oxygens (including phenoxy) is 1. The van der Waals surface area contributed by atoms with Gasteiger partial charge in [-0.1, -0.05) is 0 Å². The summed E-state index contributed by atoms with van der Waals surface area (Å²) < 4.78 is 7.40. The normalized spacial score (nSPS) is 20.4. The van der Waals surface area contributed by atoms with Crippen molar-refractivity contribution in [3.8, 4) is 10.8 Å². The molecule has 0 N–H and O–H groups in total. The molecule has 2 aromatic rings. The fraction of sp³-hybridized carbons (Fsp3) is 0.500. The summed E-state index contributed by atoms with van der Waals surface area (Å²) in [5, 5.41) is 7.18. The van der Waals surface area contributed by atoms with E-state index in [1.165, 1.54) is 0 Å². The van der Waals surface area contributed by atoms with Gasteiger partial charge in [0, 0.05) is 18.2 Å². The van der Waals surface area contributed by atoms with Crippen molar-refractivity contribution in [3.05, 3.63) is 17.9 Å². The van der Waals surface area contributed by atoms with E-state index in [4.69, 9.17) is 4.74 Å². The minimum absolute atomic E-state index is 0.297. The van der Waals surface area contributed by atoms with Gasteiger partial charge in [0.25, 0.3) is 0 Å². The van der Waals surface area contributed by atoms with Crippen LogP contribution >= 0.6 is 11.3 Å². The lowest BCUT2D eigenvalue weighted by Crippen LogP contribution is -2.15. The van der Waals surface area contributed by atoms with E-state index in [-0.39, 0.29) is 0 Å². The van der Waals surface area contributed by atoms with Gasteiger partial charge in [-0.3, -0.25) is 0 Å². The highest BCUT2D eigenvalue weighted by Gasteiger charge is 2.17. The first-order valence-electron chi connectivity index (χ1n) is 5.33. The van der Waals surface area contributed by atoms with Crippen LogP contribution in [0.5, 0.6) is 0 Å². The number of aromatic nitrogens is 4. The Morgan fingerprint density at radius 3 is 3.25 bits per heavy atom. The van der Waals surface area contributed by atoms with Crippen molar-refractivity contribution in [2.75, 3.05) is 6.61 Å². The van der Waals surface area contributed by atoms with Crippen molar-refractivity contribution in [1.82, 2.24) is 19.7 Å². The van der Waals surface area contributed by atoms with Crippen molar-refractivity contribution in [2.45, 2.75) is 25.5 Å². The summed E-state index contributed by atoms with van der Waals surface area (Å²) in [4.78, 5) is 8.43. The zero-order valence-electron chi connectivity index (χ0n) is 8.74. The molecule has 1 unspecified atom stereocenters. The highest BCUT2D eigenvalue weighted by atomic mass is 32.1. The third kappa shape index (κ3) is 1.98. The molecular formula is C10H12N4OS. The molecule has 0 bridgehead atoms. The highest BCUT2D eigenvalue weighted by Crippen LogP contribution is 2.18. The minimum atomic E-state index is 0.297. The fourth-order valence-electron chi connectivity index (χ4n) is 1.81. The Labute approximate surface area is 97.1 Å². The third-order valence-electron chi connectivity index (χ3n) is 2.57. The van der Waals surface area contributed by atoms with Crippen molar-refractivity contribution in [1.29, 1.82) is 0 Å². The molecule has 1 aliphatic heterocycles. The SMILES string of the molecule is c1csc(-c2ncn(CC3CCCO3)n2)n1. The molecule has 6 heteroatoms. The van der Waals surface area contributed by atoms with Crippen LogP contribution in [0, 0.1) is 0 Å². The van der Waals surface area contributed by atoms with Crippen molar-refractivity contribution >= 4 is 11.3 Å². The van der Waals surface area contributed by atoms with E-state index >= 15 is 0 Å². The monoisotopic (exact) mass is 236 g/mol. The molecule has 0 radical (unpaired) electrons. The number of thiazole rings is 1. The zero-order valence-corrected chi connectivity index (χ0v) is 9.56. The predicted molar refractivity (Wildman–Crippen MR) is 60.1 cm³/mol. The molecule has 84 valence electrons. The van der Waals surface area contributed by atoms with Gasteiger partial charge in [0.05, 0.1) is 12.6 Å². The molecule has 1 aliphatic rings. The van der Waals surface area contributed by atoms with Crippen LogP contribution in [0.15, 0.2) is 17.9 Å². The molecule has 5 nitrogen and oxygen atoms in total. The lowest BCUT2D eigenvalue weighted by molar-refractivity contribution is 0.0939. The van der Waals surface area contributed by atoms with Crippen LogP contribution in [0.1, 0.15) is 12.8 Å². The van der Waals surface area contributed by atoms with Gasteiger partial charge in [-0.05, 0) is 12.8 Å². The van der Waals surface area contributed by atoms with Crippen LogP contribution in [0.4, 0.5) is 0 Å². The van der Waals surface area contributed by atoms with Crippen LogP contribution in [-0.4, -0.2) is 32.5 Å². The zero-order chi connectivity index (χ0) is 10.8. The molecule has 0 aliphatic carbocycles. The second-order valence-electron chi connectivity index (χ2n) is 3.76. The Bertz CT molecular complexity index is 447. The Kier molecular flexibility index (Phi) is 2.67. The Morgan fingerprint density at radius 2 is 2.50 bits per heavy atom. The summed E-state index contributed by atoms with van der Waals surface area (Å²) in [6.07, 6.45) is 6.08. The van der Waals surface area contributed by atoms with Crippen LogP contribution < -0.4 is 0 Å².